The van der Waals surface area contributed by atoms with E-state index in [0.717, 1.165) is 23.4 Å². The summed E-state index contributed by atoms with van der Waals surface area (Å²) in [5.41, 5.74) is 0.179. The third kappa shape index (κ3) is 3.69. The van der Waals surface area contributed by atoms with Gasteiger partial charge in [-0.3, -0.25) is 0 Å². The van der Waals surface area contributed by atoms with Gasteiger partial charge < -0.3 is 10.4 Å². The summed E-state index contributed by atoms with van der Waals surface area (Å²) < 4.78 is 39.7. The number of aliphatic hydroxyl groups excluding tert-OH is 1. The third-order valence-corrected chi connectivity index (χ3v) is 4.91. The molecule has 0 saturated heterocycles. The van der Waals surface area contributed by atoms with Gasteiger partial charge in [0.2, 0.25) is 0 Å². The molecule has 1 aromatic heterocycles. The fourth-order valence-corrected chi connectivity index (χ4v) is 3.20. The summed E-state index contributed by atoms with van der Waals surface area (Å²) >= 11 is 1.65. The monoisotopic (exact) mass is 329 g/mol. The number of benzene rings is 1. The van der Waals surface area contributed by atoms with Crippen LogP contribution in [0.15, 0.2) is 24.3 Å². The highest BCUT2D eigenvalue weighted by molar-refractivity contribution is 7.12. The Balaban J connectivity index is 2.18. The van der Waals surface area contributed by atoms with E-state index in [2.05, 4.69) is 12.2 Å². The second kappa shape index (κ2) is 7.26. The molecule has 6 heteroatoms. The number of thiophene rings is 1. The van der Waals surface area contributed by atoms with Crippen LogP contribution in [0.2, 0.25) is 0 Å². The van der Waals surface area contributed by atoms with Crippen LogP contribution in [0, 0.1) is 17.5 Å². The van der Waals surface area contributed by atoms with E-state index in [9.17, 15) is 18.3 Å². The molecule has 2 N–H and O–H groups in total. The van der Waals surface area contributed by atoms with Gasteiger partial charge >= 0.3 is 0 Å². The maximum Gasteiger partial charge on any atom is 0.194 e. The molecular formula is C16H18F3NOS. The van der Waals surface area contributed by atoms with Crippen molar-refractivity contribution in [3.63, 3.8) is 0 Å². The van der Waals surface area contributed by atoms with Gasteiger partial charge in [0.25, 0.3) is 0 Å². The zero-order chi connectivity index (χ0) is 16.3. The van der Waals surface area contributed by atoms with Crippen molar-refractivity contribution < 1.29 is 18.3 Å². The lowest BCUT2D eigenvalue weighted by Crippen LogP contribution is -2.27. The molecule has 1 heterocycles. The smallest absolute Gasteiger partial charge is 0.194 e. The fourth-order valence-electron chi connectivity index (χ4n) is 2.23. The SMILES string of the molecule is CCc1ccc(C(C)NC(CO)c2cc(F)c(F)c(F)c2)s1. The molecule has 1 aromatic carbocycles. The Morgan fingerprint density at radius 2 is 1.82 bits per heavy atom. The molecule has 0 aliphatic rings. The van der Waals surface area contributed by atoms with Gasteiger partial charge in [0.15, 0.2) is 17.5 Å². The first kappa shape index (κ1) is 17.0. The van der Waals surface area contributed by atoms with Gasteiger partial charge in [0.05, 0.1) is 12.6 Å². The minimum atomic E-state index is -1.50. The Bertz CT molecular complexity index is 621. The van der Waals surface area contributed by atoms with Crippen molar-refractivity contribution >= 4 is 11.3 Å². The van der Waals surface area contributed by atoms with Crippen molar-refractivity contribution in [1.29, 1.82) is 0 Å². The minimum absolute atomic E-state index is 0.0985. The number of hydrogen-bond acceptors (Lipinski definition) is 3. The van der Waals surface area contributed by atoms with Crippen LogP contribution in [0.25, 0.3) is 0 Å². The van der Waals surface area contributed by atoms with Crippen molar-refractivity contribution in [1.82, 2.24) is 5.32 Å². The van der Waals surface area contributed by atoms with Gasteiger partial charge in [-0.05, 0) is 43.2 Å². The molecule has 2 nitrogen and oxygen atoms in total. The Hall–Kier alpha value is -1.37. The van der Waals surface area contributed by atoms with Crippen molar-refractivity contribution in [3.05, 3.63) is 57.0 Å². The molecule has 2 aromatic rings. The normalized spacial score (nSPS) is 14.1. The number of hydrogen-bond donors (Lipinski definition) is 2. The van der Waals surface area contributed by atoms with Gasteiger partial charge in [-0.1, -0.05) is 6.92 Å². The molecule has 0 spiro atoms. The number of aryl methyl sites for hydroxylation is 1. The molecule has 0 aliphatic heterocycles. The van der Waals surface area contributed by atoms with Crippen LogP contribution < -0.4 is 5.32 Å². The molecule has 0 aliphatic carbocycles. The zero-order valence-electron chi connectivity index (χ0n) is 12.4. The maximum absolute atomic E-state index is 13.3. The third-order valence-electron chi connectivity index (χ3n) is 3.50. The molecule has 0 saturated carbocycles. The Morgan fingerprint density at radius 1 is 1.18 bits per heavy atom. The maximum atomic E-state index is 13.3. The lowest BCUT2D eigenvalue weighted by atomic mass is 10.1. The highest BCUT2D eigenvalue weighted by atomic mass is 32.1. The van der Waals surface area contributed by atoms with Crippen LogP contribution >= 0.6 is 11.3 Å². The molecule has 2 unspecified atom stereocenters. The summed E-state index contributed by atoms with van der Waals surface area (Å²) in [6, 6.07) is 5.06. The molecule has 0 amide bonds. The van der Waals surface area contributed by atoms with E-state index in [1.54, 1.807) is 11.3 Å². The molecule has 0 fully saturated rings. The van der Waals surface area contributed by atoms with Crippen molar-refractivity contribution in [2.45, 2.75) is 32.4 Å². The minimum Gasteiger partial charge on any atom is -0.394 e. The summed E-state index contributed by atoms with van der Waals surface area (Å²) in [6.45, 7) is 3.62. The number of nitrogens with one attached hydrogen (secondary N) is 1. The topological polar surface area (TPSA) is 32.3 Å². The Labute approximate surface area is 131 Å². The first-order valence-corrected chi connectivity index (χ1v) is 7.87. The van der Waals surface area contributed by atoms with Gasteiger partial charge in [-0.15, -0.1) is 11.3 Å². The van der Waals surface area contributed by atoms with E-state index in [1.165, 1.54) is 4.88 Å². The van der Waals surface area contributed by atoms with E-state index in [0.29, 0.717) is 0 Å². The molecule has 0 bridgehead atoms. The van der Waals surface area contributed by atoms with Crippen LogP contribution in [-0.2, 0) is 6.42 Å². The van der Waals surface area contributed by atoms with E-state index in [1.807, 2.05) is 19.1 Å². The Kier molecular flexibility index (Phi) is 5.61. The molecule has 120 valence electrons. The first-order chi connectivity index (χ1) is 10.5. The summed E-state index contributed by atoms with van der Waals surface area (Å²) in [6.07, 6.45) is 0.940. The lowest BCUT2D eigenvalue weighted by Gasteiger charge is -2.21. The predicted octanol–water partition coefficient (Wildman–Crippen LogP) is 4.11. The second-order valence-electron chi connectivity index (χ2n) is 5.08. The van der Waals surface area contributed by atoms with Crippen LogP contribution in [0.5, 0.6) is 0 Å². The van der Waals surface area contributed by atoms with Gasteiger partial charge in [-0.2, -0.15) is 0 Å². The molecule has 0 radical (unpaired) electrons. The lowest BCUT2D eigenvalue weighted by molar-refractivity contribution is 0.235. The van der Waals surface area contributed by atoms with Gasteiger partial charge in [0, 0.05) is 15.8 Å². The zero-order valence-corrected chi connectivity index (χ0v) is 13.2. The highest BCUT2D eigenvalue weighted by Crippen LogP contribution is 2.27. The van der Waals surface area contributed by atoms with Crippen LogP contribution in [0.4, 0.5) is 13.2 Å². The predicted molar refractivity (Wildman–Crippen MR) is 81.4 cm³/mol. The average molecular weight is 329 g/mol. The first-order valence-electron chi connectivity index (χ1n) is 7.06. The average Bonchev–Trinajstić information content (AvgIpc) is 2.98. The summed E-state index contributed by atoms with van der Waals surface area (Å²) in [4.78, 5) is 2.31. The summed E-state index contributed by atoms with van der Waals surface area (Å²) in [7, 11) is 0. The van der Waals surface area contributed by atoms with E-state index < -0.39 is 23.5 Å². The van der Waals surface area contributed by atoms with Gasteiger partial charge in [-0.25, -0.2) is 13.2 Å². The Morgan fingerprint density at radius 3 is 2.32 bits per heavy atom. The molecular weight excluding hydrogens is 311 g/mol. The van der Waals surface area contributed by atoms with Crippen molar-refractivity contribution in [2.24, 2.45) is 0 Å². The quantitative estimate of drug-likeness (QED) is 0.782. The van der Waals surface area contributed by atoms with E-state index in [-0.39, 0.29) is 18.2 Å². The summed E-state index contributed by atoms with van der Waals surface area (Å²) in [5, 5.41) is 12.6. The van der Waals surface area contributed by atoms with Crippen molar-refractivity contribution in [3.8, 4) is 0 Å². The highest BCUT2D eigenvalue weighted by Gasteiger charge is 2.19. The second-order valence-corrected chi connectivity index (χ2v) is 6.28. The van der Waals surface area contributed by atoms with Crippen molar-refractivity contribution in [2.75, 3.05) is 6.61 Å². The number of aliphatic hydroxyl groups is 1. The van der Waals surface area contributed by atoms with Gasteiger partial charge in [0.1, 0.15) is 0 Å². The standard InChI is InChI=1S/C16H18F3NOS/c1-3-11-4-5-15(22-11)9(2)20-14(8-21)10-6-12(17)16(19)13(18)7-10/h4-7,9,14,20-21H,3,8H2,1-2H3. The van der Waals surface area contributed by atoms with Crippen LogP contribution in [0.3, 0.4) is 0 Å². The van der Waals surface area contributed by atoms with E-state index in [4.69, 9.17) is 0 Å². The number of rotatable bonds is 6. The fraction of sp³-hybridized carbons (Fsp3) is 0.375. The summed E-state index contributed by atoms with van der Waals surface area (Å²) in [5.74, 6) is -4.01. The largest absolute Gasteiger partial charge is 0.394 e. The number of halogens is 3. The van der Waals surface area contributed by atoms with Crippen LogP contribution in [-0.4, -0.2) is 11.7 Å². The molecule has 22 heavy (non-hydrogen) atoms. The van der Waals surface area contributed by atoms with Crippen LogP contribution in [0.1, 0.15) is 41.2 Å². The van der Waals surface area contributed by atoms with E-state index >= 15 is 0 Å². The molecule has 2 atom stereocenters. The molecule has 2 rings (SSSR count).